The Labute approximate surface area is 195 Å². The number of thiophene rings is 1. The summed E-state index contributed by atoms with van der Waals surface area (Å²) < 4.78 is 11.7. The molecule has 0 unspecified atom stereocenters. The van der Waals surface area contributed by atoms with Crippen LogP contribution in [0.5, 0.6) is 11.5 Å². The van der Waals surface area contributed by atoms with Gasteiger partial charge in [0.05, 0.1) is 31.4 Å². The van der Waals surface area contributed by atoms with Gasteiger partial charge in [-0.3, -0.25) is 4.79 Å². The van der Waals surface area contributed by atoms with Gasteiger partial charge in [0, 0.05) is 36.9 Å². The highest BCUT2D eigenvalue weighted by Gasteiger charge is 2.25. The molecule has 3 aromatic rings. The fraction of sp³-hybridized carbons (Fsp3) is 0.304. The molecule has 4 rings (SSSR count). The second-order valence-corrected chi connectivity index (χ2v) is 8.74. The molecule has 1 aliphatic heterocycles. The molecule has 1 aliphatic rings. The van der Waals surface area contributed by atoms with Gasteiger partial charge in [-0.25, -0.2) is 4.79 Å². The van der Waals surface area contributed by atoms with Crippen molar-refractivity contribution in [2.75, 3.05) is 45.7 Å². The Morgan fingerprint density at radius 1 is 1.03 bits per heavy atom. The fourth-order valence-electron chi connectivity index (χ4n) is 3.76. The number of fused-ring (bicyclic) bond motifs is 1. The number of nitrogens with one attached hydrogen (secondary N) is 1. The van der Waals surface area contributed by atoms with Gasteiger partial charge in [0.1, 0.15) is 11.5 Å². The van der Waals surface area contributed by atoms with Crippen molar-refractivity contribution >= 4 is 50.6 Å². The van der Waals surface area contributed by atoms with Gasteiger partial charge in [-0.1, -0.05) is 29.8 Å². The van der Waals surface area contributed by atoms with Crippen LogP contribution in [-0.4, -0.2) is 62.1 Å². The van der Waals surface area contributed by atoms with Crippen molar-refractivity contribution in [3.63, 3.8) is 0 Å². The second kappa shape index (κ2) is 9.67. The zero-order valence-electron chi connectivity index (χ0n) is 17.9. The first-order valence-electron chi connectivity index (χ1n) is 10.2. The van der Waals surface area contributed by atoms with E-state index in [1.807, 2.05) is 17.0 Å². The van der Waals surface area contributed by atoms with Crippen LogP contribution in [0.4, 0.5) is 10.5 Å². The molecule has 0 aliphatic carbocycles. The van der Waals surface area contributed by atoms with Crippen LogP contribution >= 0.6 is 22.9 Å². The van der Waals surface area contributed by atoms with Crippen LogP contribution in [0.3, 0.4) is 0 Å². The van der Waals surface area contributed by atoms with E-state index in [1.165, 1.54) is 18.9 Å². The van der Waals surface area contributed by atoms with Gasteiger partial charge in [-0.15, -0.1) is 11.3 Å². The van der Waals surface area contributed by atoms with E-state index in [2.05, 4.69) is 22.8 Å². The molecule has 7 nitrogen and oxygen atoms in total. The zero-order chi connectivity index (χ0) is 22.7. The quantitative estimate of drug-likeness (QED) is 0.592. The second-order valence-electron chi connectivity index (χ2n) is 7.42. The minimum absolute atomic E-state index is 0.0808. The van der Waals surface area contributed by atoms with Gasteiger partial charge >= 0.3 is 6.03 Å². The van der Waals surface area contributed by atoms with Crippen molar-refractivity contribution in [1.82, 2.24) is 9.80 Å². The summed E-state index contributed by atoms with van der Waals surface area (Å²) in [6.07, 6.45) is 0.373. The standard InChI is InChI=1S/C23H24ClN3O4S/c1-30-19-13-20(31-2)18(12-17(19)24)25-23(29)27-9-7-26(8-10-27)22(28)11-15-14-32-21-6-4-3-5-16(15)21/h3-6,12-14H,7-11H2,1-2H3,(H,25,29). The molecule has 3 amide bonds. The lowest BCUT2D eigenvalue weighted by atomic mass is 10.1. The Kier molecular flexibility index (Phi) is 6.72. The number of piperazine rings is 1. The Hall–Kier alpha value is -2.97. The van der Waals surface area contributed by atoms with E-state index in [0.29, 0.717) is 54.8 Å². The lowest BCUT2D eigenvalue weighted by molar-refractivity contribution is -0.131. The molecule has 0 radical (unpaired) electrons. The van der Waals surface area contributed by atoms with E-state index in [-0.39, 0.29) is 11.9 Å². The maximum absolute atomic E-state index is 12.8. The minimum atomic E-state index is -0.263. The maximum atomic E-state index is 12.8. The number of hydrogen-bond donors (Lipinski definition) is 1. The molecule has 9 heteroatoms. The predicted molar refractivity (Wildman–Crippen MR) is 127 cm³/mol. The maximum Gasteiger partial charge on any atom is 0.322 e. The summed E-state index contributed by atoms with van der Waals surface area (Å²) in [5.74, 6) is 1.00. The molecular weight excluding hydrogens is 450 g/mol. The molecule has 0 bridgehead atoms. The summed E-state index contributed by atoms with van der Waals surface area (Å²) in [4.78, 5) is 29.1. The van der Waals surface area contributed by atoms with Crippen LogP contribution in [0.25, 0.3) is 10.1 Å². The molecule has 2 aromatic carbocycles. The first-order valence-corrected chi connectivity index (χ1v) is 11.5. The highest BCUT2D eigenvalue weighted by molar-refractivity contribution is 7.17. The Balaban J connectivity index is 1.35. The number of ether oxygens (including phenoxy) is 2. The number of urea groups is 1. The van der Waals surface area contributed by atoms with Gasteiger partial charge in [0.2, 0.25) is 5.91 Å². The van der Waals surface area contributed by atoms with Crippen LogP contribution in [0, 0.1) is 0 Å². The fourth-order valence-corrected chi connectivity index (χ4v) is 4.96. The zero-order valence-corrected chi connectivity index (χ0v) is 19.5. The van der Waals surface area contributed by atoms with E-state index < -0.39 is 0 Å². The number of amides is 3. The minimum Gasteiger partial charge on any atom is -0.495 e. The van der Waals surface area contributed by atoms with Crippen LogP contribution in [0.1, 0.15) is 5.56 Å². The van der Waals surface area contributed by atoms with E-state index in [1.54, 1.807) is 28.4 Å². The van der Waals surface area contributed by atoms with Crippen molar-refractivity contribution in [1.29, 1.82) is 0 Å². The lowest BCUT2D eigenvalue weighted by Crippen LogP contribution is -2.52. The summed E-state index contributed by atoms with van der Waals surface area (Å²) in [5.41, 5.74) is 1.52. The van der Waals surface area contributed by atoms with Crippen molar-refractivity contribution in [2.24, 2.45) is 0 Å². The van der Waals surface area contributed by atoms with Crippen LogP contribution in [-0.2, 0) is 11.2 Å². The van der Waals surface area contributed by atoms with E-state index in [4.69, 9.17) is 21.1 Å². The number of anilines is 1. The summed E-state index contributed by atoms with van der Waals surface area (Å²) in [6.45, 7) is 1.89. The predicted octanol–water partition coefficient (Wildman–Crippen LogP) is 4.49. The average molecular weight is 474 g/mol. The highest BCUT2D eigenvalue weighted by atomic mass is 35.5. The van der Waals surface area contributed by atoms with Crippen LogP contribution in [0.15, 0.2) is 41.8 Å². The first-order chi connectivity index (χ1) is 15.5. The molecule has 32 heavy (non-hydrogen) atoms. The molecule has 0 spiro atoms. The lowest BCUT2D eigenvalue weighted by Gasteiger charge is -2.35. The third-order valence-electron chi connectivity index (χ3n) is 5.54. The van der Waals surface area contributed by atoms with Gasteiger partial charge in [-0.05, 0) is 28.5 Å². The third kappa shape index (κ3) is 4.61. The van der Waals surface area contributed by atoms with Crippen molar-refractivity contribution in [3.8, 4) is 11.5 Å². The molecule has 168 valence electrons. The number of benzene rings is 2. The molecule has 2 heterocycles. The monoisotopic (exact) mass is 473 g/mol. The number of rotatable bonds is 5. The Morgan fingerprint density at radius 3 is 2.44 bits per heavy atom. The van der Waals surface area contributed by atoms with Crippen molar-refractivity contribution < 1.29 is 19.1 Å². The van der Waals surface area contributed by atoms with Gasteiger partial charge < -0.3 is 24.6 Å². The van der Waals surface area contributed by atoms with Crippen LogP contribution < -0.4 is 14.8 Å². The Bertz CT molecular complexity index is 1140. The number of hydrogen-bond acceptors (Lipinski definition) is 5. The number of methoxy groups -OCH3 is 2. The summed E-state index contributed by atoms with van der Waals surface area (Å²) in [6, 6.07) is 11.1. The normalized spacial score (nSPS) is 13.8. The van der Waals surface area contributed by atoms with Crippen molar-refractivity contribution in [3.05, 3.63) is 52.4 Å². The molecular formula is C23H24ClN3O4S. The summed E-state index contributed by atoms with van der Waals surface area (Å²) in [7, 11) is 3.03. The number of halogens is 1. The molecule has 1 saturated heterocycles. The van der Waals surface area contributed by atoms with E-state index >= 15 is 0 Å². The van der Waals surface area contributed by atoms with Gasteiger partial charge in [-0.2, -0.15) is 0 Å². The average Bonchev–Trinajstić information content (AvgIpc) is 3.22. The number of carbonyl (C=O) groups excluding carboxylic acids is 2. The number of nitrogens with zero attached hydrogens (tertiary/aromatic N) is 2. The molecule has 1 aromatic heterocycles. The molecule has 1 N–H and O–H groups in total. The Morgan fingerprint density at radius 2 is 1.72 bits per heavy atom. The first kappa shape index (κ1) is 22.2. The topological polar surface area (TPSA) is 71.1 Å². The molecule has 1 fully saturated rings. The third-order valence-corrected chi connectivity index (χ3v) is 6.85. The smallest absolute Gasteiger partial charge is 0.322 e. The molecule has 0 atom stereocenters. The SMILES string of the molecule is COc1cc(OC)c(NC(=O)N2CCN(C(=O)Cc3csc4ccccc34)CC2)cc1Cl. The summed E-state index contributed by atoms with van der Waals surface area (Å²) in [5, 5.41) is 6.41. The van der Waals surface area contributed by atoms with E-state index in [9.17, 15) is 9.59 Å². The largest absolute Gasteiger partial charge is 0.495 e. The van der Waals surface area contributed by atoms with Gasteiger partial charge in [0.25, 0.3) is 0 Å². The number of carbonyl (C=O) groups is 2. The molecule has 0 saturated carbocycles. The van der Waals surface area contributed by atoms with Crippen molar-refractivity contribution in [2.45, 2.75) is 6.42 Å². The highest BCUT2D eigenvalue weighted by Crippen LogP contribution is 2.36. The van der Waals surface area contributed by atoms with E-state index in [0.717, 1.165) is 10.9 Å². The summed E-state index contributed by atoms with van der Waals surface area (Å²) >= 11 is 7.84. The van der Waals surface area contributed by atoms with Gasteiger partial charge in [0.15, 0.2) is 0 Å². The van der Waals surface area contributed by atoms with Crippen LogP contribution in [0.2, 0.25) is 5.02 Å².